The van der Waals surface area contributed by atoms with Crippen LogP contribution in [0.15, 0.2) is 18.3 Å². The molecule has 0 spiro atoms. The monoisotopic (exact) mass is 382 g/mol. The van der Waals surface area contributed by atoms with E-state index in [1.54, 1.807) is 6.07 Å². The number of piperidine rings is 2. The Hall–Kier alpha value is -2.06. The first-order valence-corrected chi connectivity index (χ1v) is 10.2. The van der Waals surface area contributed by atoms with Crippen LogP contribution in [-0.4, -0.2) is 32.9 Å². The molecule has 6 heteroatoms. The largest absolute Gasteiger partial charge is 0.346 e. The molecule has 27 heavy (non-hydrogen) atoms. The zero-order valence-corrected chi connectivity index (χ0v) is 16.2. The second kappa shape index (κ2) is 5.97. The molecule has 4 bridgehead atoms. The normalized spacial score (nSPS) is 32.6. The van der Waals surface area contributed by atoms with Crippen LogP contribution in [0.25, 0.3) is 11.0 Å². The summed E-state index contributed by atoms with van der Waals surface area (Å²) < 4.78 is 0. The summed E-state index contributed by atoms with van der Waals surface area (Å²) in [5.41, 5.74) is 1.71. The van der Waals surface area contributed by atoms with Gasteiger partial charge in [0.25, 0.3) is 0 Å². The number of hydrogen-bond donors (Lipinski definition) is 1. The number of carbonyl (C=O) groups is 1. The Morgan fingerprint density at radius 2 is 2.15 bits per heavy atom. The minimum absolute atomic E-state index is 0.108. The summed E-state index contributed by atoms with van der Waals surface area (Å²) in [6, 6.07) is 6.88. The molecule has 2 aliphatic heterocycles. The second-order valence-corrected chi connectivity index (χ2v) is 9.22. The molecule has 1 amide bonds. The Balaban J connectivity index is 1.35. The van der Waals surface area contributed by atoms with Crippen molar-refractivity contribution < 1.29 is 4.79 Å². The molecule has 3 atom stereocenters. The third-order valence-corrected chi connectivity index (χ3v) is 7.21. The van der Waals surface area contributed by atoms with Crippen LogP contribution in [0.1, 0.15) is 56.9 Å². The highest BCUT2D eigenvalue weighted by atomic mass is 35.5. The summed E-state index contributed by atoms with van der Waals surface area (Å²) in [7, 11) is 0. The average molecular weight is 383 g/mol. The highest BCUT2D eigenvalue weighted by Gasteiger charge is 2.55. The minimum atomic E-state index is -0.166. The highest BCUT2D eigenvalue weighted by Crippen LogP contribution is 2.56. The Kier molecular flexibility index (Phi) is 3.77. The van der Waals surface area contributed by atoms with E-state index in [9.17, 15) is 10.1 Å². The molecule has 1 N–H and O–H groups in total. The summed E-state index contributed by atoms with van der Waals surface area (Å²) in [6.07, 6.45) is 7.37. The lowest BCUT2D eigenvalue weighted by Crippen LogP contribution is -2.63. The van der Waals surface area contributed by atoms with Gasteiger partial charge in [-0.3, -0.25) is 4.79 Å². The van der Waals surface area contributed by atoms with Crippen molar-refractivity contribution in [2.45, 2.75) is 63.5 Å². The van der Waals surface area contributed by atoms with Gasteiger partial charge in [0.05, 0.1) is 11.5 Å². The Morgan fingerprint density at radius 1 is 1.41 bits per heavy atom. The van der Waals surface area contributed by atoms with Crippen LogP contribution in [0.4, 0.5) is 0 Å². The zero-order chi connectivity index (χ0) is 18.8. The van der Waals surface area contributed by atoms with Gasteiger partial charge in [0.2, 0.25) is 5.91 Å². The predicted molar refractivity (Wildman–Crippen MR) is 103 cm³/mol. The molecule has 2 aromatic rings. The van der Waals surface area contributed by atoms with Gasteiger partial charge in [-0.05, 0) is 61.6 Å². The van der Waals surface area contributed by atoms with E-state index in [1.165, 1.54) is 0 Å². The van der Waals surface area contributed by atoms with Crippen molar-refractivity contribution in [1.82, 2.24) is 14.9 Å². The van der Waals surface area contributed by atoms with Crippen LogP contribution < -0.4 is 0 Å². The molecule has 2 aromatic heterocycles. The molecule has 5 nitrogen and oxygen atoms in total. The van der Waals surface area contributed by atoms with Crippen LogP contribution >= 0.6 is 11.6 Å². The molecule has 2 saturated heterocycles. The smallest absolute Gasteiger partial charge is 0.223 e. The number of rotatable bonds is 3. The van der Waals surface area contributed by atoms with E-state index in [0.717, 1.165) is 48.7 Å². The van der Waals surface area contributed by atoms with E-state index in [0.29, 0.717) is 17.5 Å². The van der Waals surface area contributed by atoms with Gasteiger partial charge in [0.1, 0.15) is 10.8 Å². The number of halogens is 1. The number of nitrogens with zero attached hydrogens (tertiary/aromatic N) is 3. The first kappa shape index (κ1) is 17.1. The average Bonchev–Trinajstić information content (AvgIpc) is 3.03. The number of aromatic nitrogens is 2. The lowest BCUT2D eigenvalue weighted by atomic mass is 9.56. The maximum atomic E-state index is 13.2. The number of carbonyl (C=O) groups excluding carboxylic acids is 1. The van der Waals surface area contributed by atoms with Crippen LogP contribution in [0.5, 0.6) is 0 Å². The van der Waals surface area contributed by atoms with Gasteiger partial charge in [-0.15, -0.1) is 0 Å². The first-order chi connectivity index (χ1) is 13.0. The molecule has 6 rings (SSSR count). The minimum Gasteiger partial charge on any atom is -0.346 e. The van der Waals surface area contributed by atoms with Crippen molar-refractivity contribution >= 4 is 28.5 Å². The number of H-pyrrole nitrogens is 1. The van der Waals surface area contributed by atoms with Crippen molar-refractivity contribution in [1.29, 1.82) is 5.26 Å². The van der Waals surface area contributed by atoms with Crippen LogP contribution in [-0.2, 0) is 4.79 Å². The predicted octanol–water partition coefficient (Wildman–Crippen LogP) is 4.39. The van der Waals surface area contributed by atoms with E-state index < -0.39 is 0 Å². The number of aromatic amines is 1. The summed E-state index contributed by atoms with van der Waals surface area (Å²) >= 11 is 5.97. The fraction of sp³-hybridized carbons (Fsp3) is 0.571. The van der Waals surface area contributed by atoms with Gasteiger partial charge < -0.3 is 9.88 Å². The number of fused-ring (bicyclic) bond motifs is 1. The third kappa shape index (κ3) is 2.65. The van der Waals surface area contributed by atoms with E-state index in [4.69, 9.17) is 11.6 Å². The maximum absolute atomic E-state index is 13.2. The standard InChI is InChI=1S/C21H23ClN4O/c1-12(17-10-24-20-16(17)2-3-18(22)25-20)4-19(27)26-14-5-13-6-15(26)9-21(7-13,8-14)11-23/h2-3,10,12-15H,4-9H2,1H3,(H,24,25). The Labute approximate surface area is 163 Å². The van der Waals surface area contributed by atoms with Gasteiger partial charge >= 0.3 is 0 Å². The lowest BCUT2D eigenvalue weighted by Gasteiger charge is -2.59. The molecule has 0 radical (unpaired) electrons. The summed E-state index contributed by atoms with van der Waals surface area (Å²) in [5.74, 6) is 0.977. The SMILES string of the molecule is CC(CC(=O)N1C2CC3CC1CC(C#N)(C3)C2)c1c[nH]c2nc(Cl)ccc12. The second-order valence-electron chi connectivity index (χ2n) is 8.83. The molecular weight excluding hydrogens is 360 g/mol. The summed E-state index contributed by atoms with van der Waals surface area (Å²) in [5, 5.41) is 11.2. The molecule has 0 aromatic carbocycles. The Bertz CT molecular complexity index is 945. The maximum Gasteiger partial charge on any atom is 0.223 e. The van der Waals surface area contributed by atoms with Gasteiger partial charge in [-0.25, -0.2) is 4.98 Å². The van der Waals surface area contributed by atoms with E-state index >= 15 is 0 Å². The fourth-order valence-corrected chi connectivity index (χ4v) is 6.20. The number of nitrogens with one attached hydrogen (secondary N) is 1. The van der Waals surface area contributed by atoms with Crippen molar-refractivity contribution in [3.05, 3.63) is 29.0 Å². The molecule has 4 fully saturated rings. The number of nitriles is 1. The van der Waals surface area contributed by atoms with Crippen molar-refractivity contribution in [2.24, 2.45) is 11.3 Å². The fourth-order valence-electron chi connectivity index (χ4n) is 6.06. The highest BCUT2D eigenvalue weighted by molar-refractivity contribution is 6.29. The van der Waals surface area contributed by atoms with Gasteiger partial charge in [0.15, 0.2) is 0 Å². The van der Waals surface area contributed by atoms with Crippen LogP contribution in [0.3, 0.4) is 0 Å². The van der Waals surface area contributed by atoms with Crippen LogP contribution in [0, 0.1) is 22.7 Å². The summed E-state index contributed by atoms with van der Waals surface area (Å²) in [4.78, 5) is 22.8. The summed E-state index contributed by atoms with van der Waals surface area (Å²) in [6.45, 7) is 2.10. The van der Waals surface area contributed by atoms with Crippen LogP contribution in [0.2, 0.25) is 5.15 Å². The third-order valence-electron chi connectivity index (χ3n) is 7.00. The van der Waals surface area contributed by atoms with Gasteiger partial charge in [0, 0.05) is 30.1 Å². The lowest BCUT2D eigenvalue weighted by molar-refractivity contribution is -0.153. The first-order valence-electron chi connectivity index (χ1n) is 9.84. The quantitative estimate of drug-likeness (QED) is 0.800. The number of hydrogen-bond acceptors (Lipinski definition) is 3. The van der Waals surface area contributed by atoms with E-state index in [-0.39, 0.29) is 29.3 Å². The molecule has 2 saturated carbocycles. The molecule has 4 aliphatic rings. The van der Waals surface area contributed by atoms with Gasteiger partial charge in [-0.1, -0.05) is 18.5 Å². The Morgan fingerprint density at radius 3 is 2.85 bits per heavy atom. The number of amides is 1. The van der Waals surface area contributed by atoms with Gasteiger partial charge in [-0.2, -0.15) is 5.26 Å². The van der Waals surface area contributed by atoms with E-state index in [1.807, 2.05) is 12.3 Å². The van der Waals surface area contributed by atoms with E-state index in [2.05, 4.69) is 27.9 Å². The molecule has 140 valence electrons. The molecule has 4 heterocycles. The molecular formula is C21H23ClN4O. The zero-order valence-electron chi connectivity index (χ0n) is 15.4. The number of pyridine rings is 1. The van der Waals surface area contributed by atoms with Crippen molar-refractivity contribution in [3.63, 3.8) is 0 Å². The van der Waals surface area contributed by atoms with Crippen molar-refractivity contribution in [2.75, 3.05) is 0 Å². The molecule has 2 aliphatic carbocycles. The van der Waals surface area contributed by atoms with Crippen molar-refractivity contribution in [3.8, 4) is 6.07 Å². The molecule has 3 unspecified atom stereocenters. The topological polar surface area (TPSA) is 72.8 Å².